The molecule has 5 nitrogen and oxygen atoms in total. The molecule has 10 aromatic carbocycles. The zero-order valence-electron chi connectivity index (χ0n) is 42.1. The van der Waals surface area contributed by atoms with Crippen molar-refractivity contribution >= 4 is 21.5 Å². The second kappa shape index (κ2) is 25.6. The number of hydrogen-bond acceptors (Lipinski definition) is 5. The van der Waals surface area contributed by atoms with Gasteiger partial charge in [0.15, 0.2) is 11.6 Å². The molecule has 0 aliphatic carbocycles. The zero-order chi connectivity index (χ0) is 50.6. The summed E-state index contributed by atoms with van der Waals surface area (Å²) in [6.07, 6.45) is 0. The van der Waals surface area contributed by atoms with Crippen LogP contribution in [0.3, 0.4) is 0 Å². The maximum absolute atomic E-state index is 4.62. The second-order valence-corrected chi connectivity index (χ2v) is 17.6. The van der Waals surface area contributed by atoms with Crippen LogP contribution in [0.5, 0.6) is 0 Å². The highest BCUT2D eigenvalue weighted by atomic mass is 15.0. The molecule has 0 N–H and O–H groups in total. The molecule has 12 rings (SSSR count). The maximum atomic E-state index is 4.62. The van der Waals surface area contributed by atoms with Gasteiger partial charge in [-0.15, -0.1) is 0 Å². The Kier molecular flexibility index (Phi) is 17.6. The Morgan fingerprint density at radius 2 is 0.630 bits per heavy atom. The SMILES string of the molecule is Cc1ccc2ccccc2c1.Cc1cccc2ccccc12.Cc1ccccc1.Cc1nc(-c2ccccc2)cc(-c2ccc(-c3ccccc3)cc2)n1.Cc1nc(-c2ccccc2)nc(-c2ccccc2)n1. The molecule has 0 radical (unpaired) electrons. The lowest BCUT2D eigenvalue weighted by molar-refractivity contribution is 0.992. The van der Waals surface area contributed by atoms with Gasteiger partial charge in [-0.1, -0.05) is 272 Å². The third-order valence-corrected chi connectivity index (χ3v) is 11.9. The second-order valence-electron chi connectivity index (χ2n) is 17.6. The lowest BCUT2D eigenvalue weighted by Crippen LogP contribution is -1.99. The number of hydrogen-bond donors (Lipinski definition) is 0. The van der Waals surface area contributed by atoms with E-state index in [2.05, 4.69) is 209 Å². The monoisotopic (exact) mass is 945 g/mol. The minimum Gasteiger partial charge on any atom is -0.233 e. The highest BCUT2D eigenvalue weighted by molar-refractivity contribution is 5.85. The number of nitrogens with zero attached hydrogens (tertiary/aromatic N) is 5. The Hall–Kier alpha value is -9.19. The van der Waals surface area contributed by atoms with Gasteiger partial charge < -0.3 is 0 Å². The van der Waals surface area contributed by atoms with Gasteiger partial charge >= 0.3 is 0 Å². The van der Waals surface area contributed by atoms with Gasteiger partial charge in [0.25, 0.3) is 0 Å². The van der Waals surface area contributed by atoms with Crippen molar-refractivity contribution in [2.45, 2.75) is 34.6 Å². The molecule has 0 aliphatic rings. The summed E-state index contributed by atoms with van der Waals surface area (Å²) in [5.74, 6) is 2.94. The first kappa shape index (κ1) is 50.2. The summed E-state index contributed by atoms with van der Waals surface area (Å²) in [5, 5.41) is 5.33. The van der Waals surface area contributed by atoms with Crippen molar-refractivity contribution in [1.82, 2.24) is 24.9 Å². The molecular formula is C68H59N5. The first-order chi connectivity index (χ1) is 35.8. The van der Waals surface area contributed by atoms with Crippen LogP contribution < -0.4 is 0 Å². The van der Waals surface area contributed by atoms with Gasteiger partial charge in [0, 0.05) is 22.3 Å². The van der Waals surface area contributed by atoms with Gasteiger partial charge in [-0.2, -0.15) is 0 Å². The van der Waals surface area contributed by atoms with E-state index >= 15 is 0 Å². The Labute approximate surface area is 430 Å². The van der Waals surface area contributed by atoms with Gasteiger partial charge in [0.1, 0.15) is 11.6 Å². The highest BCUT2D eigenvalue weighted by Crippen LogP contribution is 2.27. The summed E-state index contributed by atoms with van der Waals surface area (Å²) in [6, 6.07) is 91.1. The minimum absolute atomic E-state index is 0.715. The largest absolute Gasteiger partial charge is 0.233 e. The van der Waals surface area contributed by atoms with Crippen molar-refractivity contribution in [3.05, 3.63) is 295 Å². The average Bonchev–Trinajstić information content (AvgIpc) is 3.45. The zero-order valence-corrected chi connectivity index (χ0v) is 42.1. The topological polar surface area (TPSA) is 64.5 Å². The molecule has 0 fully saturated rings. The lowest BCUT2D eigenvalue weighted by atomic mass is 10.0. The molecule has 0 amide bonds. The first-order valence-corrected chi connectivity index (χ1v) is 24.6. The van der Waals surface area contributed by atoms with Gasteiger partial charge in [0.2, 0.25) is 0 Å². The third kappa shape index (κ3) is 14.7. The van der Waals surface area contributed by atoms with E-state index in [4.69, 9.17) is 0 Å². The number of aryl methyl sites for hydroxylation is 5. The summed E-state index contributed by atoms with van der Waals surface area (Å²) < 4.78 is 0. The van der Waals surface area contributed by atoms with E-state index in [0.29, 0.717) is 11.6 Å². The quantitative estimate of drug-likeness (QED) is 0.172. The molecule has 73 heavy (non-hydrogen) atoms. The number of benzene rings is 10. The molecule has 0 aliphatic heterocycles. The third-order valence-electron chi connectivity index (χ3n) is 11.9. The van der Waals surface area contributed by atoms with Crippen LogP contribution >= 0.6 is 0 Å². The standard InChI is InChI=1S/C23H18N2.C16H13N3.2C11H10.C7H8/c1-17-24-22(20-10-6-3-7-11-20)16-23(25-17)21-14-12-19(13-15-21)18-8-4-2-5-9-18;1-12-17-15(13-8-4-2-5-9-13)19-16(18-12)14-10-6-3-7-11-14;1-9-5-4-7-10-6-2-3-8-11(9)10;1-9-6-7-10-4-2-3-5-11(10)8-9;1-7-5-3-2-4-6-7/h2-16H,1H3;2-11H,1H3;2*2-8H,1H3;2-6H,1H3. The van der Waals surface area contributed by atoms with Crippen molar-refractivity contribution in [3.8, 4) is 56.4 Å². The van der Waals surface area contributed by atoms with Crippen molar-refractivity contribution in [2.24, 2.45) is 0 Å². The van der Waals surface area contributed by atoms with Crippen molar-refractivity contribution in [2.75, 3.05) is 0 Å². The Morgan fingerprint density at radius 1 is 0.233 bits per heavy atom. The Balaban J connectivity index is 0.000000130. The van der Waals surface area contributed by atoms with Gasteiger partial charge in [-0.3, -0.25) is 0 Å². The minimum atomic E-state index is 0.715. The molecule has 0 saturated carbocycles. The van der Waals surface area contributed by atoms with E-state index in [9.17, 15) is 0 Å². The normalized spacial score (nSPS) is 10.3. The van der Waals surface area contributed by atoms with Crippen molar-refractivity contribution < 1.29 is 0 Å². The molecule has 356 valence electrons. The molecule has 2 heterocycles. The van der Waals surface area contributed by atoms with E-state index in [-0.39, 0.29) is 0 Å². The molecule has 0 spiro atoms. The molecule has 0 unspecified atom stereocenters. The van der Waals surface area contributed by atoms with Crippen LogP contribution in [0.25, 0.3) is 78.0 Å². The Bertz CT molecular complexity index is 3520. The summed E-state index contributed by atoms with van der Waals surface area (Å²) in [4.78, 5) is 22.6. The Morgan fingerprint density at radius 3 is 1.15 bits per heavy atom. The van der Waals surface area contributed by atoms with Crippen LogP contribution in [0.2, 0.25) is 0 Å². The molecular weight excluding hydrogens is 887 g/mol. The summed E-state index contributed by atoms with van der Waals surface area (Å²) in [5.41, 5.74) is 12.5. The molecule has 2 aromatic heterocycles. The molecule has 12 aromatic rings. The summed E-state index contributed by atoms with van der Waals surface area (Å²) in [7, 11) is 0. The molecule has 5 heteroatoms. The smallest absolute Gasteiger partial charge is 0.163 e. The number of rotatable bonds is 5. The first-order valence-electron chi connectivity index (χ1n) is 24.6. The fourth-order valence-electron chi connectivity index (χ4n) is 8.08. The number of aromatic nitrogens is 5. The average molecular weight is 946 g/mol. The van der Waals surface area contributed by atoms with Crippen LogP contribution in [0, 0.1) is 34.6 Å². The van der Waals surface area contributed by atoms with Gasteiger partial charge in [-0.05, 0) is 78.9 Å². The fourth-order valence-corrected chi connectivity index (χ4v) is 8.08. The van der Waals surface area contributed by atoms with Crippen LogP contribution in [-0.4, -0.2) is 24.9 Å². The fraction of sp³-hybridized carbons (Fsp3) is 0.0735. The summed E-state index contributed by atoms with van der Waals surface area (Å²) >= 11 is 0. The van der Waals surface area contributed by atoms with E-state index < -0.39 is 0 Å². The number of fused-ring (bicyclic) bond motifs is 2. The van der Waals surface area contributed by atoms with E-state index in [1.54, 1.807) is 0 Å². The van der Waals surface area contributed by atoms with Gasteiger partial charge in [0.05, 0.1) is 11.4 Å². The highest BCUT2D eigenvalue weighted by Gasteiger charge is 2.09. The van der Waals surface area contributed by atoms with Crippen LogP contribution in [0.15, 0.2) is 267 Å². The predicted octanol–water partition coefficient (Wildman–Crippen LogP) is 17.6. The van der Waals surface area contributed by atoms with E-state index in [1.165, 1.54) is 49.4 Å². The molecule has 0 saturated heterocycles. The van der Waals surface area contributed by atoms with E-state index in [1.807, 2.05) is 117 Å². The summed E-state index contributed by atoms with van der Waals surface area (Å²) in [6.45, 7) is 10.2. The van der Waals surface area contributed by atoms with Crippen LogP contribution in [0.4, 0.5) is 0 Å². The predicted molar refractivity (Wildman–Crippen MR) is 307 cm³/mol. The lowest BCUT2D eigenvalue weighted by Gasteiger charge is -2.08. The van der Waals surface area contributed by atoms with Gasteiger partial charge in [-0.25, -0.2) is 24.9 Å². The van der Waals surface area contributed by atoms with E-state index in [0.717, 1.165) is 45.3 Å². The van der Waals surface area contributed by atoms with Crippen molar-refractivity contribution in [1.29, 1.82) is 0 Å². The van der Waals surface area contributed by atoms with Crippen LogP contribution in [-0.2, 0) is 0 Å². The van der Waals surface area contributed by atoms with Crippen molar-refractivity contribution in [3.63, 3.8) is 0 Å². The molecule has 0 bridgehead atoms. The van der Waals surface area contributed by atoms with Crippen LogP contribution in [0.1, 0.15) is 28.3 Å². The maximum Gasteiger partial charge on any atom is 0.163 e. The molecule has 0 atom stereocenters.